The van der Waals surface area contributed by atoms with Crippen LogP contribution in [0.1, 0.15) is 38.5 Å². The van der Waals surface area contributed by atoms with E-state index in [-0.39, 0.29) is 17.6 Å². The smallest absolute Gasteiger partial charge is 0.225 e. The van der Waals surface area contributed by atoms with Gasteiger partial charge in [-0.15, -0.1) is 0 Å². The van der Waals surface area contributed by atoms with Gasteiger partial charge in [-0.3, -0.25) is 4.79 Å². The number of amides is 1. The molecule has 1 amide bonds. The third-order valence-corrected chi connectivity index (χ3v) is 5.57. The second kappa shape index (κ2) is 8.03. The predicted octanol–water partition coefficient (Wildman–Crippen LogP) is 3.56. The maximum atomic E-state index is 13.4. The fourth-order valence-corrected chi connectivity index (χ4v) is 4.06. The summed E-state index contributed by atoms with van der Waals surface area (Å²) in [5.41, 5.74) is 1.54. The summed E-state index contributed by atoms with van der Waals surface area (Å²) in [7, 11) is 0. The highest BCUT2D eigenvalue weighted by molar-refractivity contribution is 5.79. The molecule has 27 heavy (non-hydrogen) atoms. The molecule has 2 aromatic rings. The fourth-order valence-electron chi connectivity index (χ4n) is 4.06. The Hall–Kier alpha value is -2.50. The molecular formula is C21H25FN4O. The minimum absolute atomic E-state index is 0.00848. The van der Waals surface area contributed by atoms with Crippen molar-refractivity contribution in [1.82, 2.24) is 15.3 Å². The Morgan fingerprint density at radius 3 is 2.59 bits per heavy atom. The van der Waals surface area contributed by atoms with Gasteiger partial charge >= 0.3 is 0 Å². The lowest BCUT2D eigenvalue weighted by molar-refractivity contribution is -0.125. The monoisotopic (exact) mass is 368 g/mol. The Balaban J connectivity index is 1.41. The summed E-state index contributed by atoms with van der Waals surface area (Å²) in [4.78, 5) is 23.6. The van der Waals surface area contributed by atoms with Crippen LogP contribution in [0.3, 0.4) is 0 Å². The van der Waals surface area contributed by atoms with Crippen LogP contribution in [0.4, 0.5) is 10.3 Å². The highest BCUT2D eigenvalue weighted by Gasteiger charge is 2.29. The first-order valence-electron chi connectivity index (χ1n) is 9.82. The Kier molecular flexibility index (Phi) is 5.32. The molecule has 1 aromatic heterocycles. The van der Waals surface area contributed by atoms with Gasteiger partial charge in [0.1, 0.15) is 5.82 Å². The van der Waals surface area contributed by atoms with Crippen molar-refractivity contribution >= 4 is 11.9 Å². The van der Waals surface area contributed by atoms with Crippen molar-refractivity contribution in [2.75, 3.05) is 18.0 Å². The fraction of sp³-hybridized carbons (Fsp3) is 0.476. The maximum absolute atomic E-state index is 13.4. The third-order valence-electron chi connectivity index (χ3n) is 5.57. The second-order valence-corrected chi connectivity index (χ2v) is 7.56. The molecule has 5 nitrogen and oxygen atoms in total. The molecule has 4 rings (SSSR count). The van der Waals surface area contributed by atoms with Crippen molar-refractivity contribution in [1.29, 1.82) is 0 Å². The highest BCUT2D eigenvalue weighted by Crippen LogP contribution is 2.24. The maximum Gasteiger partial charge on any atom is 0.225 e. The van der Waals surface area contributed by atoms with Gasteiger partial charge in [0.05, 0.1) is 5.92 Å². The average Bonchev–Trinajstić information content (AvgIpc) is 3.21. The van der Waals surface area contributed by atoms with Crippen LogP contribution in [-0.2, 0) is 4.79 Å². The molecule has 2 aliphatic rings. The molecule has 0 spiro atoms. The standard InChI is InChI=1S/C21H25FN4O/c22-18-7-3-5-15(11-18)17-12-23-21(24-13-17)26-10-4-6-16(14-26)20(27)25-19-8-1-2-9-19/h3,5,7,11-13,16,19H,1-2,4,6,8-10,14H2,(H,25,27)/t16-/m0/s1. The number of halogens is 1. The number of nitrogens with zero attached hydrogens (tertiary/aromatic N) is 3. The number of carbonyl (C=O) groups is 1. The first-order valence-corrected chi connectivity index (χ1v) is 9.82. The van der Waals surface area contributed by atoms with E-state index in [1.807, 2.05) is 6.07 Å². The van der Waals surface area contributed by atoms with E-state index in [1.54, 1.807) is 18.5 Å². The number of rotatable bonds is 4. The highest BCUT2D eigenvalue weighted by atomic mass is 19.1. The number of anilines is 1. The molecule has 1 aliphatic heterocycles. The van der Waals surface area contributed by atoms with Crippen molar-refractivity contribution in [3.8, 4) is 11.1 Å². The number of benzene rings is 1. The van der Waals surface area contributed by atoms with Gasteiger partial charge in [-0.2, -0.15) is 0 Å². The summed E-state index contributed by atoms with van der Waals surface area (Å²) in [5, 5.41) is 3.21. The number of hydrogen-bond acceptors (Lipinski definition) is 4. The molecule has 0 radical (unpaired) electrons. The third kappa shape index (κ3) is 4.26. The molecule has 1 saturated heterocycles. The topological polar surface area (TPSA) is 58.1 Å². The first-order chi connectivity index (χ1) is 13.2. The molecule has 1 aliphatic carbocycles. The molecule has 1 aromatic carbocycles. The van der Waals surface area contributed by atoms with Crippen molar-refractivity contribution < 1.29 is 9.18 Å². The Bertz CT molecular complexity index is 789. The molecule has 2 heterocycles. The quantitative estimate of drug-likeness (QED) is 0.897. The minimum atomic E-state index is -0.274. The van der Waals surface area contributed by atoms with Gasteiger partial charge in [-0.05, 0) is 43.4 Å². The molecule has 0 unspecified atom stereocenters. The molecule has 1 saturated carbocycles. The number of carbonyl (C=O) groups excluding carboxylic acids is 1. The average molecular weight is 368 g/mol. The summed E-state index contributed by atoms with van der Waals surface area (Å²) >= 11 is 0. The van der Waals surface area contributed by atoms with Crippen LogP contribution in [0.5, 0.6) is 0 Å². The number of hydrogen-bond donors (Lipinski definition) is 1. The summed E-state index contributed by atoms with van der Waals surface area (Å²) in [5.74, 6) is 0.520. The Labute approximate surface area is 159 Å². The first kappa shape index (κ1) is 17.9. The molecule has 2 fully saturated rings. The number of aromatic nitrogens is 2. The molecule has 0 bridgehead atoms. The summed E-state index contributed by atoms with van der Waals surface area (Å²) in [6.07, 6.45) is 9.95. The lowest BCUT2D eigenvalue weighted by Crippen LogP contribution is -2.45. The van der Waals surface area contributed by atoms with Gasteiger partial charge in [-0.25, -0.2) is 14.4 Å². The van der Waals surface area contributed by atoms with Gasteiger partial charge in [0.2, 0.25) is 11.9 Å². The predicted molar refractivity (Wildman–Crippen MR) is 103 cm³/mol. The van der Waals surface area contributed by atoms with Crippen molar-refractivity contribution in [2.24, 2.45) is 5.92 Å². The van der Waals surface area contributed by atoms with Crippen LogP contribution in [0.25, 0.3) is 11.1 Å². The van der Waals surface area contributed by atoms with Crippen LogP contribution in [0.2, 0.25) is 0 Å². The largest absolute Gasteiger partial charge is 0.353 e. The Morgan fingerprint density at radius 2 is 1.85 bits per heavy atom. The zero-order valence-corrected chi connectivity index (χ0v) is 15.4. The zero-order valence-electron chi connectivity index (χ0n) is 15.4. The van der Waals surface area contributed by atoms with E-state index in [2.05, 4.69) is 20.2 Å². The van der Waals surface area contributed by atoms with E-state index in [9.17, 15) is 9.18 Å². The van der Waals surface area contributed by atoms with E-state index >= 15 is 0 Å². The van der Waals surface area contributed by atoms with Gasteiger partial charge in [0.15, 0.2) is 0 Å². The second-order valence-electron chi connectivity index (χ2n) is 7.56. The van der Waals surface area contributed by atoms with E-state index < -0.39 is 0 Å². The van der Waals surface area contributed by atoms with Gasteiger partial charge in [-0.1, -0.05) is 25.0 Å². The van der Waals surface area contributed by atoms with E-state index in [0.29, 0.717) is 18.5 Å². The molecule has 1 N–H and O–H groups in total. The van der Waals surface area contributed by atoms with Crippen molar-refractivity contribution in [3.63, 3.8) is 0 Å². The van der Waals surface area contributed by atoms with Crippen LogP contribution < -0.4 is 10.2 Å². The summed E-state index contributed by atoms with van der Waals surface area (Å²) < 4.78 is 13.4. The van der Waals surface area contributed by atoms with Gasteiger partial charge < -0.3 is 10.2 Å². The van der Waals surface area contributed by atoms with Crippen LogP contribution in [0, 0.1) is 11.7 Å². The lowest BCUT2D eigenvalue weighted by atomic mass is 9.97. The van der Waals surface area contributed by atoms with Crippen LogP contribution in [0.15, 0.2) is 36.7 Å². The van der Waals surface area contributed by atoms with Gasteiger partial charge in [0, 0.05) is 37.1 Å². The lowest BCUT2D eigenvalue weighted by Gasteiger charge is -2.32. The molecule has 6 heteroatoms. The van der Waals surface area contributed by atoms with E-state index in [4.69, 9.17) is 0 Å². The zero-order chi connectivity index (χ0) is 18.6. The molecule has 142 valence electrons. The summed E-state index contributed by atoms with van der Waals surface area (Å²) in [6.45, 7) is 1.50. The van der Waals surface area contributed by atoms with Crippen LogP contribution in [-0.4, -0.2) is 35.0 Å². The van der Waals surface area contributed by atoms with E-state index in [1.165, 1.54) is 25.0 Å². The van der Waals surface area contributed by atoms with Gasteiger partial charge in [0.25, 0.3) is 0 Å². The van der Waals surface area contributed by atoms with Crippen molar-refractivity contribution in [3.05, 3.63) is 42.5 Å². The normalized spacial score (nSPS) is 20.6. The SMILES string of the molecule is O=C(NC1CCCC1)[C@H]1CCCN(c2ncc(-c3cccc(F)c3)cn2)C1. The Morgan fingerprint density at radius 1 is 1.07 bits per heavy atom. The number of nitrogens with one attached hydrogen (secondary N) is 1. The summed E-state index contributed by atoms with van der Waals surface area (Å²) in [6, 6.07) is 6.77. The van der Waals surface area contributed by atoms with Crippen molar-refractivity contribution in [2.45, 2.75) is 44.6 Å². The minimum Gasteiger partial charge on any atom is -0.353 e. The number of piperidine rings is 1. The molecule has 1 atom stereocenters. The van der Waals surface area contributed by atoms with E-state index in [0.717, 1.165) is 43.4 Å². The van der Waals surface area contributed by atoms with Crippen LogP contribution >= 0.6 is 0 Å². The molecular weight excluding hydrogens is 343 g/mol.